The molecule has 0 aliphatic heterocycles. The van der Waals surface area contributed by atoms with Gasteiger partial charge < -0.3 is 10.6 Å². The Kier molecular flexibility index (Phi) is 4.55. The van der Waals surface area contributed by atoms with E-state index in [2.05, 4.69) is 10.6 Å². The molecule has 1 aliphatic rings. The first kappa shape index (κ1) is 15.1. The molecule has 1 amide bonds. The SMILES string of the molecule is O=C(CCNC1CC1)Nc1c(Cl)cccc1C(F)(F)F. The van der Waals surface area contributed by atoms with Crippen LogP contribution in [0, 0.1) is 0 Å². The second-order valence-corrected chi connectivity index (χ2v) is 5.09. The summed E-state index contributed by atoms with van der Waals surface area (Å²) >= 11 is 5.74. The van der Waals surface area contributed by atoms with E-state index in [1.165, 1.54) is 12.1 Å². The van der Waals surface area contributed by atoms with Gasteiger partial charge in [-0.1, -0.05) is 17.7 Å². The number of carbonyl (C=O) groups is 1. The van der Waals surface area contributed by atoms with Crippen LogP contribution in [-0.4, -0.2) is 18.5 Å². The van der Waals surface area contributed by atoms with Crippen LogP contribution in [0.5, 0.6) is 0 Å². The molecule has 20 heavy (non-hydrogen) atoms. The predicted molar refractivity (Wildman–Crippen MR) is 70.7 cm³/mol. The van der Waals surface area contributed by atoms with E-state index in [0.29, 0.717) is 12.6 Å². The lowest BCUT2D eigenvalue weighted by atomic mass is 10.1. The van der Waals surface area contributed by atoms with Crippen molar-refractivity contribution in [2.45, 2.75) is 31.5 Å². The molecular weight excluding hydrogens is 293 g/mol. The monoisotopic (exact) mass is 306 g/mol. The number of alkyl halides is 3. The molecule has 0 aromatic heterocycles. The Hall–Kier alpha value is -1.27. The average Bonchev–Trinajstić information content (AvgIpc) is 3.14. The quantitative estimate of drug-likeness (QED) is 0.875. The Morgan fingerprint density at radius 2 is 2.05 bits per heavy atom. The maximum absolute atomic E-state index is 12.8. The summed E-state index contributed by atoms with van der Waals surface area (Å²) in [6, 6.07) is 3.86. The number of hydrogen-bond donors (Lipinski definition) is 2. The summed E-state index contributed by atoms with van der Waals surface area (Å²) < 4.78 is 38.5. The minimum absolute atomic E-state index is 0.110. The molecule has 0 spiro atoms. The van der Waals surface area contributed by atoms with Crippen molar-refractivity contribution in [3.05, 3.63) is 28.8 Å². The zero-order valence-electron chi connectivity index (χ0n) is 10.6. The topological polar surface area (TPSA) is 41.1 Å². The molecule has 1 aromatic carbocycles. The molecule has 3 nitrogen and oxygen atoms in total. The largest absolute Gasteiger partial charge is 0.418 e. The van der Waals surface area contributed by atoms with E-state index in [1.54, 1.807) is 0 Å². The third kappa shape index (κ3) is 4.11. The maximum atomic E-state index is 12.8. The van der Waals surface area contributed by atoms with Crippen molar-refractivity contribution in [1.29, 1.82) is 0 Å². The van der Waals surface area contributed by atoms with Gasteiger partial charge in [0.05, 0.1) is 16.3 Å². The van der Waals surface area contributed by atoms with Crippen molar-refractivity contribution in [2.75, 3.05) is 11.9 Å². The predicted octanol–water partition coefficient (Wildman–Crippen LogP) is 3.44. The fraction of sp³-hybridized carbons (Fsp3) is 0.462. The molecule has 2 N–H and O–H groups in total. The number of para-hydroxylation sites is 1. The van der Waals surface area contributed by atoms with Crippen LogP contribution in [0.15, 0.2) is 18.2 Å². The standard InChI is InChI=1S/C13H14ClF3N2O/c14-10-3-1-2-9(13(15,16)17)12(10)19-11(20)6-7-18-8-4-5-8/h1-3,8,18H,4-7H2,(H,19,20). The van der Waals surface area contributed by atoms with Gasteiger partial charge in [-0.3, -0.25) is 4.79 Å². The van der Waals surface area contributed by atoms with E-state index in [0.717, 1.165) is 18.9 Å². The Balaban J connectivity index is 2.01. The second-order valence-electron chi connectivity index (χ2n) is 4.69. The third-order valence-corrected chi connectivity index (χ3v) is 3.26. The van der Waals surface area contributed by atoms with Crippen molar-refractivity contribution < 1.29 is 18.0 Å². The highest BCUT2D eigenvalue weighted by Crippen LogP contribution is 2.38. The van der Waals surface area contributed by atoms with Crippen LogP contribution in [0.25, 0.3) is 0 Å². The number of amides is 1. The molecule has 0 saturated heterocycles. The Morgan fingerprint density at radius 3 is 2.65 bits per heavy atom. The molecule has 0 radical (unpaired) electrons. The van der Waals surface area contributed by atoms with Gasteiger partial charge in [0.25, 0.3) is 0 Å². The van der Waals surface area contributed by atoms with Crippen molar-refractivity contribution >= 4 is 23.2 Å². The average molecular weight is 307 g/mol. The second kappa shape index (κ2) is 6.01. The summed E-state index contributed by atoms with van der Waals surface area (Å²) in [7, 11) is 0. The lowest BCUT2D eigenvalue weighted by Crippen LogP contribution is -2.24. The molecule has 0 bridgehead atoms. The Bertz CT molecular complexity index is 501. The van der Waals surface area contributed by atoms with E-state index in [4.69, 9.17) is 11.6 Å². The highest BCUT2D eigenvalue weighted by atomic mass is 35.5. The number of halogens is 4. The molecule has 110 valence electrons. The minimum Gasteiger partial charge on any atom is -0.324 e. The van der Waals surface area contributed by atoms with Gasteiger partial charge in [-0.2, -0.15) is 13.2 Å². The highest BCUT2D eigenvalue weighted by Gasteiger charge is 2.34. The summed E-state index contributed by atoms with van der Waals surface area (Å²) in [5.41, 5.74) is -1.31. The zero-order chi connectivity index (χ0) is 14.8. The number of nitrogens with one attached hydrogen (secondary N) is 2. The van der Waals surface area contributed by atoms with Crippen molar-refractivity contribution in [3.8, 4) is 0 Å². The van der Waals surface area contributed by atoms with E-state index < -0.39 is 17.6 Å². The molecule has 7 heteroatoms. The Morgan fingerprint density at radius 1 is 1.35 bits per heavy atom. The molecule has 0 atom stereocenters. The molecule has 0 unspecified atom stereocenters. The first-order chi connectivity index (χ1) is 9.38. The molecular formula is C13H14ClF3N2O. The number of hydrogen-bond acceptors (Lipinski definition) is 2. The zero-order valence-corrected chi connectivity index (χ0v) is 11.3. The highest BCUT2D eigenvalue weighted by molar-refractivity contribution is 6.34. The summed E-state index contributed by atoms with van der Waals surface area (Å²) in [5, 5.41) is 5.24. The number of anilines is 1. The first-order valence-electron chi connectivity index (χ1n) is 6.27. The fourth-order valence-corrected chi connectivity index (χ4v) is 1.99. The van der Waals surface area contributed by atoms with Crippen LogP contribution in [0.3, 0.4) is 0 Å². The van der Waals surface area contributed by atoms with Crippen LogP contribution in [0.2, 0.25) is 5.02 Å². The van der Waals surface area contributed by atoms with Gasteiger partial charge in [0.15, 0.2) is 0 Å². The number of carbonyl (C=O) groups excluding carboxylic acids is 1. The van der Waals surface area contributed by atoms with Crippen LogP contribution in [0.1, 0.15) is 24.8 Å². The minimum atomic E-state index is -4.56. The van der Waals surface area contributed by atoms with Crippen LogP contribution in [-0.2, 0) is 11.0 Å². The van der Waals surface area contributed by atoms with E-state index in [1.807, 2.05) is 0 Å². The molecule has 2 rings (SSSR count). The number of rotatable bonds is 5. The van der Waals surface area contributed by atoms with E-state index >= 15 is 0 Å². The van der Waals surface area contributed by atoms with E-state index in [-0.39, 0.29) is 17.1 Å². The molecule has 1 saturated carbocycles. The van der Waals surface area contributed by atoms with Crippen LogP contribution < -0.4 is 10.6 Å². The third-order valence-electron chi connectivity index (χ3n) is 2.95. The Labute approximate surface area is 119 Å². The van der Waals surface area contributed by atoms with Crippen molar-refractivity contribution in [1.82, 2.24) is 5.32 Å². The molecule has 1 fully saturated rings. The smallest absolute Gasteiger partial charge is 0.324 e. The first-order valence-corrected chi connectivity index (χ1v) is 6.64. The molecule has 1 aliphatic carbocycles. The molecule has 0 heterocycles. The van der Waals surface area contributed by atoms with Crippen molar-refractivity contribution in [2.24, 2.45) is 0 Å². The van der Waals surface area contributed by atoms with Gasteiger partial charge in [0.2, 0.25) is 5.91 Å². The van der Waals surface area contributed by atoms with Gasteiger partial charge in [-0.05, 0) is 25.0 Å². The van der Waals surface area contributed by atoms with Crippen molar-refractivity contribution in [3.63, 3.8) is 0 Å². The van der Waals surface area contributed by atoms with Gasteiger partial charge >= 0.3 is 6.18 Å². The van der Waals surface area contributed by atoms with Gasteiger partial charge in [0, 0.05) is 19.0 Å². The van der Waals surface area contributed by atoms with Gasteiger partial charge in [-0.25, -0.2) is 0 Å². The summed E-state index contributed by atoms with van der Waals surface area (Å²) in [5.74, 6) is -0.489. The van der Waals surface area contributed by atoms with Gasteiger partial charge in [-0.15, -0.1) is 0 Å². The van der Waals surface area contributed by atoms with Crippen LogP contribution >= 0.6 is 11.6 Å². The summed E-state index contributed by atoms with van der Waals surface area (Å²) in [4.78, 5) is 11.7. The summed E-state index contributed by atoms with van der Waals surface area (Å²) in [6.07, 6.45) is -2.27. The summed E-state index contributed by atoms with van der Waals surface area (Å²) in [6.45, 7) is 0.447. The molecule has 1 aromatic rings. The normalized spacial score (nSPS) is 15.2. The lowest BCUT2D eigenvalue weighted by Gasteiger charge is -2.15. The fourth-order valence-electron chi connectivity index (χ4n) is 1.77. The lowest BCUT2D eigenvalue weighted by molar-refractivity contribution is -0.137. The maximum Gasteiger partial charge on any atom is 0.418 e. The number of benzene rings is 1. The van der Waals surface area contributed by atoms with Crippen LogP contribution in [0.4, 0.5) is 18.9 Å². The van der Waals surface area contributed by atoms with Gasteiger partial charge in [0.1, 0.15) is 0 Å². The van der Waals surface area contributed by atoms with E-state index in [9.17, 15) is 18.0 Å².